The maximum absolute atomic E-state index is 13.8. The normalized spacial score (nSPS) is 18.8. The number of methoxy groups -OCH3 is 2. The average Bonchev–Trinajstić information content (AvgIpc) is 3.39. The molecule has 4 aromatic rings. The van der Waals surface area contributed by atoms with Gasteiger partial charge < -0.3 is 19.4 Å². The van der Waals surface area contributed by atoms with Crippen molar-refractivity contribution in [1.82, 2.24) is 9.88 Å². The summed E-state index contributed by atoms with van der Waals surface area (Å²) in [6, 6.07) is 21.0. The second-order valence-corrected chi connectivity index (χ2v) is 8.77. The highest BCUT2D eigenvalue weighted by atomic mass is 16.5. The Morgan fingerprint density at radius 2 is 1.79 bits per heavy atom. The molecule has 2 aliphatic heterocycles. The van der Waals surface area contributed by atoms with Gasteiger partial charge in [-0.25, -0.2) is 0 Å². The molecule has 3 heterocycles. The first-order valence-corrected chi connectivity index (χ1v) is 11.4. The molecule has 0 unspecified atom stereocenters. The monoisotopic (exact) mass is 438 g/mol. The summed E-state index contributed by atoms with van der Waals surface area (Å²) in [4.78, 5) is 19.4. The van der Waals surface area contributed by atoms with Gasteiger partial charge in [0.15, 0.2) is 11.5 Å². The van der Waals surface area contributed by atoms with Gasteiger partial charge in [0.25, 0.3) is 5.91 Å². The van der Waals surface area contributed by atoms with Crippen molar-refractivity contribution in [2.45, 2.75) is 25.3 Å². The van der Waals surface area contributed by atoms with E-state index >= 15 is 0 Å². The van der Waals surface area contributed by atoms with Crippen molar-refractivity contribution in [1.29, 1.82) is 0 Å². The van der Waals surface area contributed by atoms with Gasteiger partial charge in [0.2, 0.25) is 0 Å². The summed E-state index contributed by atoms with van der Waals surface area (Å²) in [5.74, 6) is 1.17. The Morgan fingerprint density at radius 1 is 1.00 bits per heavy atom. The molecule has 1 aromatic heterocycles. The van der Waals surface area contributed by atoms with Crippen LogP contribution in [0.2, 0.25) is 0 Å². The predicted molar refractivity (Wildman–Crippen MR) is 128 cm³/mol. The Balaban J connectivity index is 1.59. The Hall–Kier alpha value is -3.73. The number of para-hydroxylation sites is 1. The summed E-state index contributed by atoms with van der Waals surface area (Å²) in [6.07, 6.45) is 1.01. The number of aromatic nitrogens is 1. The minimum Gasteiger partial charge on any atom is -0.493 e. The summed E-state index contributed by atoms with van der Waals surface area (Å²) >= 11 is 0. The highest BCUT2D eigenvalue weighted by Gasteiger charge is 2.47. The van der Waals surface area contributed by atoms with Crippen molar-refractivity contribution in [3.8, 4) is 11.5 Å². The van der Waals surface area contributed by atoms with Crippen molar-refractivity contribution in [2.24, 2.45) is 0 Å². The fourth-order valence-corrected chi connectivity index (χ4v) is 5.64. The van der Waals surface area contributed by atoms with Crippen LogP contribution < -0.4 is 9.47 Å². The number of fused-ring (bicyclic) bond motifs is 7. The number of ether oxygens (including phenoxy) is 2. The van der Waals surface area contributed by atoms with Gasteiger partial charge in [0.05, 0.1) is 25.8 Å². The van der Waals surface area contributed by atoms with E-state index in [2.05, 4.69) is 60.4 Å². The molecule has 33 heavy (non-hydrogen) atoms. The van der Waals surface area contributed by atoms with E-state index in [1.807, 2.05) is 17.0 Å². The number of H-pyrrole nitrogens is 1. The van der Waals surface area contributed by atoms with E-state index in [1.54, 1.807) is 14.2 Å². The van der Waals surface area contributed by atoms with E-state index in [1.165, 1.54) is 22.1 Å². The number of carbonyl (C=O) groups excluding carboxylic acids is 1. The van der Waals surface area contributed by atoms with Crippen molar-refractivity contribution in [3.05, 3.63) is 94.2 Å². The number of nitrogens with one attached hydrogen (secondary N) is 1. The summed E-state index contributed by atoms with van der Waals surface area (Å²) in [7, 11) is 3.19. The molecule has 166 valence electrons. The number of hydrogen-bond acceptors (Lipinski definition) is 3. The first kappa shape index (κ1) is 19.9. The van der Waals surface area contributed by atoms with Crippen LogP contribution in [0.4, 0.5) is 0 Å². The molecule has 0 aliphatic carbocycles. The summed E-state index contributed by atoms with van der Waals surface area (Å²) < 4.78 is 11.1. The van der Waals surface area contributed by atoms with Gasteiger partial charge in [-0.05, 0) is 40.8 Å². The molecule has 0 saturated carbocycles. The quantitative estimate of drug-likeness (QED) is 0.462. The van der Waals surface area contributed by atoms with Crippen LogP contribution in [0.1, 0.15) is 57.2 Å². The minimum atomic E-state index is -0.166. The lowest BCUT2D eigenvalue weighted by Crippen LogP contribution is -2.37. The van der Waals surface area contributed by atoms with Crippen LogP contribution in [-0.2, 0) is 6.42 Å². The molecule has 0 spiro atoms. The average molecular weight is 439 g/mol. The third kappa shape index (κ3) is 2.75. The second kappa shape index (κ2) is 7.41. The van der Waals surface area contributed by atoms with Gasteiger partial charge in [-0.2, -0.15) is 0 Å². The minimum absolute atomic E-state index is 0.00904. The molecule has 3 aromatic carbocycles. The lowest BCUT2D eigenvalue weighted by atomic mass is 9.82. The van der Waals surface area contributed by atoms with Gasteiger partial charge in [-0.15, -0.1) is 0 Å². The lowest BCUT2D eigenvalue weighted by molar-refractivity contribution is 0.0725. The van der Waals surface area contributed by atoms with Crippen LogP contribution in [0.25, 0.3) is 10.9 Å². The Labute approximate surface area is 192 Å². The first-order chi connectivity index (χ1) is 16.2. The molecule has 6 rings (SSSR count). The lowest BCUT2D eigenvalue weighted by Gasteiger charge is -2.36. The topological polar surface area (TPSA) is 54.6 Å². The third-order valence-corrected chi connectivity index (χ3v) is 7.23. The highest BCUT2D eigenvalue weighted by Crippen LogP contribution is 2.52. The molecule has 1 amide bonds. The zero-order valence-electron chi connectivity index (χ0n) is 19.0. The van der Waals surface area contributed by atoms with Crippen molar-refractivity contribution in [3.63, 3.8) is 0 Å². The zero-order chi connectivity index (χ0) is 22.7. The molecule has 5 heteroatoms. The fraction of sp³-hybridized carbons (Fsp3) is 0.250. The molecular formula is C28H26N2O3. The molecular weight excluding hydrogens is 412 g/mol. The first-order valence-electron chi connectivity index (χ1n) is 11.4. The number of benzene rings is 3. The number of nitrogens with zero attached hydrogens (tertiary/aromatic N) is 1. The molecule has 0 fully saturated rings. The Bertz CT molecular complexity index is 1390. The summed E-state index contributed by atoms with van der Waals surface area (Å²) in [6.45, 7) is 2.78. The van der Waals surface area contributed by atoms with Crippen molar-refractivity contribution < 1.29 is 14.3 Å². The Morgan fingerprint density at radius 3 is 2.52 bits per heavy atom. The van der Waals surface area contributed by atoms with E-state index in [-0.39, 0.29) is 17.9 Å². The van der Waals surface area contributed by atoms with Gasteiger partial charge >= 0.3 is 0 Å². The molecule has 0 bridgehead atoms. The standard InChI is InChI=1S/C28H26N2O3/c1-4-16-9-11-17(12-10-16)20-15-30-26(25-23(20)18-7-5-6-8-21(18)29-25)19-13-14-22(32-2)27(33-3)24(19)28(30)31/h5-14,20,26,29H,4,15H2,1-3H3/t20-,26+/m0/s1. The van der Waals surface area contributed by atoms with E-state index in [9.17, 15) is 4.79 Å². The number of carbonyl (C=O) groups is 1. The highest BCUT2D eigenvalue weighted by molar-refractivity contribution is 6.04. The van der Waals surface area contributed by atoms with Crippen LogP contribution >= 0.6 is 0 Å². The van der Waals surface area contributed by atoms with Gasteiger partial charge in [-0.1, -0.05) is 55.5 Å². The molecule has 0 saturated heterocycles. The molecule has 0 radical (unpaired) electrons. The van der Waals surface area contributed by atoms with Crippen molar-refractivity contribution in [2.75, 3.05) is 20.8 Å². The second-order valence-electron chi connectivity index (χ2n) is 8.77. The Kier molecular flexibility index (Phi) is 4.47. The van der Waals surface area contributed by atoms with Crippen LogP contribution in [0.3, 0.4) is 0 Å². The van der Waals surface area contributed by atoms with Gasteiger partial charge in [0, 0.05) is 29.1 Å². The maximum atomic E-state index is 13.8. The van der Waals surface area contributed by atoms with Crippen molar-refractivity contribution >= 4 is 16.8 Å². The van der Waals surface area contributed by atoms with E-state index < -0.39 is 0 Å². The number of aryl methyl sites for hydroxylation is 1. The van der Waals surface area contributed by atoms with Gasteiger partial charge in [0.1, 0.15) is 0 Å². The van der Waals surface area contributed by atoms with E-state index in [4.69, 9.17) is 9.47 Å². The largest absolute Gasteiger partial charge is 0.493 e. The third-order valence-electron chi connectivity index (χ3n) is 7.23. The molecule has 1 N–H and O–H groups in total. The van der Waals surface area contributed by atoms with E-state index in [0.717, 1.165) is 23.2 Å². The predicted octanol–water partition coefficient (Wildman–Crippen LogP) is 5.44. The SMILES string of the molecule is CCc1ccc([C@@H]2CN3C(=O)c4c(ccc(OC)c4OC)[C@@H]3c3[nH]c4ccccc4c32)cc1. The number of hydrogen-bond donors (Lipinski definition) is 1. The fourth-order valence-electron chi connectivity index (χ4n) is 5.64. The van der Waals surface area contributed by atoms with Crippen LogP contribution in [0.15, 0.2) is 60.7 Å². The number of amides is 1. The molecule has 5 nitrogen and oxygen atoms in total. The number of rotatable bonds is 4. The smallest absolute Gasteiger partial charge is 0.259 e. The zero-order valence-corrected chi connectivity index (χ0v) is 19.0. The van der Waals surface area contributed by atoms with Crippen LogP contribution in [0, 0.1) is 0 Å². The molecule has 2 atom stereocenters. The summed E-state index contributed by atoms with van der Waals surface area (Å²) in [5, 5.41) is 1.22. The summed E-state index contributed by atoms with van der Waals surface area (Å²) in [5.41, 5.74) is 7.58. The maximum Gasteiger partial charge on any atom is 0.259 e. The van der Waals surface area contributed by atoms with Gasteiger partial charge in [-0.3, -0.25) is 4.79 Å². The molecule has 2 aliphatic rings. The van der Waals surface area contributed by atoms with E-state index in [0.29, 0.717) is 23.6 Å². The number of aromatic amines is 1. The van der Waals surface area contributed by atoms with Crippen LogP contribution in [-0.4, -0.2) is 36.6 Å². The van der Waals surface area contributed by atoms with Crippen LogP contribution in [0.5, 0.6) is 11.5 Å².